The Hall–Kier alpha value is -3.13. The fourth-order valence-corrected chi connectivity index (χ4v) is 4.10. The van der Waals surface area contributed by atoms with Gasteiger partial charge in [0.05, 0.1) is 16.3 Å². The number of hydrogen-bond donors (Lipinski definition) is 3. The molecule has 1 unspecified atom stereocenters. The fourth-order valence-electron chi connectivity index (χ4n) is 3.49. The van der Waals surface area contributed by atoms with Crippen LogP contribution in [-0.2, 0) is 0 Å². The molecule has 1 fully saturated rings. The molecule has 8 heteroatoms. The maximum absolute atomic E-state index is 12.8. The number of aromatic nitrogens is 2. The molecule has 1 aliphatic rings. The summed E-state index contributed by atoms with van der Waals surface area (Å²) in [4.78, 5) is 25.6. The maximum atomic E-state index is 12.8. The Balaban J connectivity index is 1.60. The number of aromatic hydroxyl groups is 1. The largest absolute Gasteiger partial charge is 0.507 e. The van der Waals surface area contributed by atoms with Crippen molar-refractivity contribution in [2.24, 2.45) is 0 Å². The van der Waals surface area contributed by atoms with Crippen molar-refractivity contribution in [2.45, 2.75) is 51.5 Å². The van der Waals surface area contributed by atoms with Gasteiger partial charge < -0.3 is 15.7 Å². The topological polar surface area (TPSA) is 96.3 Å². The van der Waals surface area contributed by atoms with Gasteiger partial charge in [-0.05, 0) is 55.8 Å². The highest BCUT2D eigenvalue weighted by Crippen LogP contribution is 2.39. The van der Waals surface area contributed by atoms with Crippen LogP contribution in [0.4, 0.5) is 10.5 Å². The Morgan fingerprint density at radius 1 is 1.29 bits per heavy atom. The summed E-state index contributed by atoms with van der Waals surface area (Å²) in [6.45, 7) is 3.98. The molecular formula is C23H26N4O3S. The Morgan fingerprint density at radius 2 is 2.10 bits per heavy atom. The van der Waals surface area contributed by atoms with E-state index in [1.54, 1.807) is 18.2 Å². The second kappa shape index (κ2) is 8.93. The Labute approximate surface area is 185 Å². The van der Waals surface area contributed by atoms with E-state index < -0.39 is 0 Å². The van der Waals surface area contributed by atoms with Gasteiger partial charge in [0.1, 0.15) is 5.75 Å². The zero-order valence-corrected chi connectivity index (χ0v) is 18.4. The molecule has 1 saturated carbocycles. The number of thiophene rings is 1. The zero-order chi connectivity index (χ0) is 22.0. The van der Waals surface area contributed by atoms with Crippen LogP contribution >= 0.6 is 11.3 Å². The minimum atomic E-state index is -0.248. The second-order valence-corrected chi connectivity index (χ2v) is 8.86. The van der Waals surface area contributed by atoms with E-state index in [1.165, 1.54) is 22.1 Å². The average Bonchev–Trinajstić information content (AvgIpc) is 3.37. The summed E-state index contributed by atoms with van der Waals surface area (Å²) in [5, 5.41) is 22.7. The summed E-state index contributed by atoms with van der Waals surface area (Å²) in [5.41, 5.74) is 2.42. The van der Waals surface area contributed by atoms with E-state index in [0.717, 1.165) is 31.4 Å². The first-order valence-corrected chi connectivity index (χ1v) is 11.4. The van der Waals surface area contributed by atoms with Gasteiger partial charge in [-0.15, -0.1) is 11.3 Å². The number of phenols is 1. The molecule has 0 spiro atoms. The molecule has 3 aromatic rings. The maximum Gasteiger partial charge on any atom is 0.342 e. The number of nitrogens with zero attached hydrogens (tertiary/aromatic N) is 2. The lowest BCUT2D eigenvalue weighted by Gasteiger charge is -2.25. The van der Waals surface area contributed by atoms with Crippen LogP contribution in [0.2, 0.25) is 0 Å². The van der Waals surface area contributed by atoms with Crippen molar-refractivity contribution >= 4 is 29.0 Å². The molecule has 2 aromatic heterocycles. The van der Waals surface area contributed by atoms with Crippen molar-refractivity contribution in [2.75, 3.05) is 5.32 Å². The van der Waals surface area contributed by atoms with Gasteiger partial charge in [-0.3, -0.25) is 4.79 Å². The lowest BCUT2D eigenvalue weighted by molar-refractivity contribution is 0.103. The van der Waals surface area contributed by atoms with Crippen molar-refractivity contribution < 1.29 is 14.7 Å². The third-order valence-corrected chi connectivity index (χ3v) is 6.58. The second-order valence-electron chi connectivity index (χ2n) is 7.92. The van der Waals surface area contributed by atoms with Gasteiger partial charge in [0.2, 0.25) is 0 Å². The van der Waals surface area contributed by atoms with Crippen LogP contribution < -0.4 is 10.6 Å². The molecule has 4 rings (SSSR count). The van der Waals surface area contributed by atoms with Gasteiger partial charge >= 0.3 is 6.03 Å². The molecule has 2 heterocycles. The number of anilines is 1. The molecule has 0 radical (unpaired) electrons. The number of phenolic OH excluding ortho intramolecular Hbond substituents is 1. The number of nitrogens with one attached hydrogen (secondary N) is 2. The Kier molecular flexibility index (Phi) is 6.08. The first-order valence-electron chi connectivity index (χ1n) is 10.5. The fraction of sp³-hybridized carbons (Fsp3) is 0.348. The van der Waals surface area contributed by atoms with Crippen LogP contribution in [0.15, 0.2) is 41.8 Å². The highest BCUT2D eigenvalue weighted by molar-refractivity contribution is 7.12. The predicted molar refractivity (Wildman–Crippen MR) is 122 cm³/mol. The van der Waals surface area contributed by atoms with Crippen molar-refractivity contribution in [1.82, 2.24) is 15.1 Å². The van der Waals surface area contributed by atoms with Crippen LogP contribution in [-0.4, -0.2) is 32.9 Å². The molecule has 1 atom stereocenters. The third kappa shape index (κ3) is 4.49. The van der Waals surface area contributed by atoms with E-state index in [1.807, 2.05) is 31.4 Å². The van der Waals surface area contributed by atoms with E-state index in [0.29, 0.717) is 27.7 Å². The molecule has 1 aromatic carbocycles. The summed E-state index contributed by atoms with van der Waals surface area (Å²) in [7, 11) is 0. The molecule has 0 saturated heterocycles. The highest BCUT2D eigenvalue weighted by atomic mass is 32.1. The Bertz CT molecular complexity index is 1090. The normalized spacial score (nSPS) is 14.6. The predicted octanol–water partition coefficient (Wildman–Crippen LogP) is 5.19. The van der Waals surface area contributed by atoms with Crippen molar-refractivity contribution in [3.8, 4) is 17.0 Å². The molecule has 0 bridgehead atoms. The summed E-state index contributed by atoms with van der Waals surface area (Å²) < 4.78 is 1.44. The Morgan fingerprint density at radius 3 is 2.71 bits per heavy atom. The van der Waals surface area contributed by atoms with Crippen LogP contribution in [0.25, 0.3) is 11.3 Å². The van der Waals surface area contributed by atoms with Gasteiger partial charge in [-0.1, -0.05) is 19.4 Å². The van der Waals surface area contributed by atoms with E-state index in [4.69, 9.17) is 0 Å². The minimum Gasteiger partial charge on any atom is -0.507 e. The summed E-state index contributed by atoms with van der Waals surface area (Å²) in [5.74, 6) is 0.0759. The quantitative estimate of drug-likeness (QED) is 0.493. The number of carbonyl (C=O) groups is 2. The minimum absolute atomic E-state index is 0.00359. The van der Waals surface area contributed by atoms with E-state index in [-0.39, 0.29) is 23.7 Å². The van der Waals surface area contributed by atoms with E-state index >= 15 is 0 Å². The monoisotopic (exact) mass is 438 g/mol. The van der Waals surface area contributed by atoms with E-state index in [9.17, 15) is 14.7 Å². The van der Waals surface area contributed by atoms with Crippen molar-refractivity contribution in [3.63, 3.8) is 0 Å². The van der Waals surface area contributed by atoms with E-state index in [2.05, 4.69) is 15.7 Å². The lowest BCUT2D eigenvalue weighted by Crippen LogP contribution is -2.37. The summed E-state index contributed by atoms with van der Waals surface area (Å²) >= 11 is 1.35. The van der Waals surface area contributed by atoms with Gasteiger partial charge in [-0.2, -0.15) is 9.78 Å². The number of carbonyl (C=O) groups excluding carboxylic acids is 2. The number of benzene rings is 1. The molecule has 1 aliphatic carbocycles. The first-order chi connectivity index (χ1) is 15.0. The number of hydrogen-bond acceptors (Lipinski definition) is 5. The van der Waals surface area contributed by atoms with Crippen molar-refractivity contribution in [3.05, 3.63) is 52.3 Å². The molecule has 2 amide bonds. The van der Waals surface area contributed by atoms with Gasteiger partial charge in [0, 0.05) is 29.3 Å². The number of amides is 2. The SMILES string of the molecule is CCC(C)NC(=O)n1nc(-c2ccc(NC(=O)c3cccs3)cc2O)cc1C1CCC1. The standard InChI is InChI=1S/C23H26N4O3S/c1-3-14(2)24-23(30)27-19(15-6-4-7-15)13-18(26-27)17-10-9-16(12-20(17)28)25-22(29)21-8-5-11-31-21/h5,8-15,28H,3-4,6-7H2,1-2H3,(H,24,30)(H,25,29). The van der Waals surface area contributed by atoms with Crippen LogP contribution in [0.3, 0.4) is 0 Å². The van der Waals surface area contributed by atoms with Crippen LogP contribution in [0, 0.1) is 0 Å². The van der Waals surface area contributed by atoms with Crippen LogP contribution in [0.1, 0.15) is 60.8 Å². The van der Waals surface area contributed by atoms with Gasteiger partial charge in [0.15, 0.2) is 0 Å². The highest BCUT2D eigenvalue weighted by Gasteiger charge is 2.28. The molecular weight excluding hydrogens is 412 g/mol. The molecule has 162 valence electrons. The third-order valence-electron chi connectivity index (χ3n) is 5.71. The average molecular weight is 439 g/mol. The first kappa shape index (κ1) is 21.1. The molecule has 0 aliphatic heterocycles. The molecule has 7 nitrogen and oxygen atoms in total. The molecule has 3 N–H and O–H groups in total. The molecule has 31 heavy (non-hydrogen) atoms. The summed E-state index contributed by atoms with van der Waals surface area (Å²) in [6.07, 6.45) is 4.03. The number of rotatable bonds is 6. The van der Waals surface area contributed by atoms with Crippen molar-refractivity contribution in [1.29, 1.82) is 0 Å². The zero-order valence-electron chi connectivity index (χ0n) is 17.6. The van der Waals surface area contributed by atoms with Gasteiger partial charge in [-0.25, -0.2) is 4.79 Å². The van der Waals surface area contributed by atoms with Crippen LogP contribution in [0.5, 0.6) is 5.75 Å². The summed E-state index contributed by atoms with van der Waals surface area (Å²) in [6, 6.07) is 10.2. The smallest absolute Gasteiger partial charge is 0.342 e. The lowest BCUT2D eigenvalue weighted by atomic mass is 9.82. The van der Waals surface area contributed by atoms with Gasteiger partial charge in [0.25, 0.3) is 5.91 Å².